The number of benzene rings is 2. The lowest BCUT2D eigenvalue weighted by molar-refractivity contribution is 0.0257. The zero-order valence-corrected chi connectivity index (χ0v) is 11.3. The maximum Gasteiger partial charge on any atom is 0.338 e. The molecule has 4 heteroatoms. The third kappa shape index (κ3) is 2.65. The average Bonchev–Trinajstić information content (AvgIpc) is 2.51. The van der Waals surface area contributed by atoms with Gasteiger partial charge in [0.05, 0.1) is 5.56 Å². The molecule has 106 valence electrons. The van der Waals surface area contributed by atoms with Gasteiger partial charge in [-0.1, -0.05) is 24.3 Å². The Bertz CT molecular complexity index is 688. The van der Waals surface area contributed by atoms with E-state index >= 15 is 0 Å². The third-order valence-corrected chi connectivity index (χ3v) is 3.60. The first kappa shape index (κ1) is 13.4. The van der Waals surface area contributed by atoms with Crippen molar-refractivity contribution in [2.75, 3.05) is 0 Å². The molecule has 0 aromatic heterocycles. The van der Waals surface area contributed by atoms with E-state index in [4.69, 9.17) is 4.74 Å². The number of hydrogen-bond donors (Lipinski definition) is 1. The lowest BCUT2D eigenvalue weighted by Crippen LogP contribution is -2.32. The van der Waals surface area contributed by atoms with Crippen LogP contribution in [-0.4, -0.2) is 23.0 Å². The van der Waals surface area contributed by atoms with Crippen LogP contribution in [0.15, 0.2) is 48.5 Å². The van der Waals surface area contributed by atoms with E-state index in [9.17, 15) is 14.7 Å². The molecule has 0 unspecified atom stereocenters. The van der Waals surface area contributed by atoms with Gasteiger partial charge in [-0.25, -0.2) is 4.79 Å². The van der Waals surface area contributed by atoms with Crippen LogP contribution in [0.5, 0.6) is 5.75 Å². The second-order valence-corrected chi connectivity index (χ2v) is 5.00. The number of carbonyl (C=O) groups excluding carboxylic acids is 2. The minimum atomic E-state index is -0.735. The molecule has 4 nitrogen and oxygen atoms in total. The summed E-state index contributed by atoms with van der Waals surface area (Å²) in [7, 11) is 0. The van der Waals surface area contributed by atoms with Crippen LogP contribution >= 0.6 is 0 Å². The molecule has 0 amide bonds. The van der Waals surface area contributed by atoms with Crippen molar-refractivity contribution >= 4 is 11.8 Å². The summed E-state index contributed by atoms with van der Waals surface area (Å²) >= 11 is 0. The van der Waals surface area contributed by atoms with Gasteiger partial charge in [0.15, 0.2) is 6.10 Å². The number of hydrogen-bond acceptors (Lipinski definition) is 4. The molecule has 3 rings (SSSR count). The van der Waals surface area contributed by atoms with Crippen LogP contribution in [0.25, 0.3) is 0 Å². The average molecular weight is 282 g/mol. The van der Waals surface area contributed by atoms with Crippen molar-refractivity contribution in [3.05, 3.63) is 65.2 Å². The number of aryl methyl sites for hydroxylation is 1. The minimum absolute atomic E-state index is 0.0780. The molecule has 1 aliphatic rings. The van der Waals surface area contributed by atoms with Crippen LogP contribution in [0.4, 0.5) is 0 Å². The van der Waals surface area contributed by atoms with Gasteiger partial charge in [0, 0.05) is 5.56 Å². The van der Waals surface area contributed by atoms with Gasteiger partial charge < -0.3 is 9.84 Å². The van der Waals surface area contributed by atoms with E-state index in [1.54, 1.807) is 12.1 Å². The Kier molecular flexibility index (Phi) is 3.44. The van der Waals surface area contributed by atoms with Crippen LogP contribution in [0, 0.1) is 0 Å². The molecule has 0 spiro atoms. The molecule has 0 saturated heterocycles. The number of fused-ring (bicyclic) bond motifs is 1. The monoisotopic (exact) mass is 282 g/mol. The van der Waals surface area contributed by atoms with E-state index in [2.05, 4.69) is 0 Å². The standard InChI is InChI=1S/C17H14O4/c18-13-8-5-12(6-9-13)17(20)21-15-10-7-11-3-1-2-4-14(11)16(15)19/h1-6,8-9,15,18H,7,10H2/t15-/m1/s1. The molecule has 0 aliphatic heterocycles. The molecule has 2 aromatic carbocycles. The Morgan fingerprint density at radius 2 is 1.81 bits per heavy atom. The van der Waals surface area contributed by atoms with Crippen LogP contribution in [0.1, 0.15) is 32.7 Å². The van der Waals surface area contributed by atoms with E-state index in [1.807, 2.05) is 12.1 Å². The number of carbonyl (C=O) groups is 2. The maximum atomic E-state index is 12.3. The highest BCUT2D eigenvalue weighted by Gasteiger charge is 2.30. The van der Waals surface area contributed by atoms with Crippen molar-refractivity contribution in [3.63, 3.8) is 0 Å². The summed E-state index contributed by atoms with van der Waals surface area (Å²) < 4.78 is 5.32. The molecule has 1 N–H and O–H groups in total. The number of esters is 1. The van der Waals surface area contributed by atoms with Gasteiger partial charge in [-0.15, -0.1) is 0 Å². The van der Waals surface area contributed by atoms with Crippen molar-refractivity contribution < 1.29 is 19.4 Å². The molecule has 0 bridgehead atoms. The maximum absolute atomic E-state index is 12.3. The van der Waals surface area contributed by atoms with Gasteiger partial charge >= 0.3 is 5.97 Å². The topological polar surface area (TPSA) is 63.6 Å². The summed E-state index contributed by atoms with van der Waals surface area (Å²) in [5, 5.41) is 9.20. The number of ketones is 1. The Balaban J connectivity index is 1.76. The molecular weight excluding hydrogens is 268 g/mol. The van der Waals surface area contributed by atoms with Crippen LogP contribution < -0.4 is 0 Å². The summed E-state index contributed by atoms with van der Waals surface area (Å²) in [6.07, 6.45) is 0.482. The predicted molar refractivity (Wildman–Crippen MR) is 76.4 cm³/mol. The van der Waals surface area contributed by atoms with Crippen molar-refractivity contribution in [3.8, 4) is 5.75 Å². The van der Waals surface area contributed by atoms with E-state index in [0.29, 0.717) is 17.5 Å². The highest BCUT2D eigenvalue weighted by atomic mass is 16.5. The van der Waals surface area contributed by atoms with Crippen LogP contribution in [0.3, 0.4) is 0 Å². The quantitative estimate of drug-likeness (QED) is 0.860. The Morgan fingerprint density at radius 3 is 2.57 bits per heavy atom. The van der Waals surface area contributed by atoms with E-state index < -0.39 is 12.1 Å². The second-order valence-electron chi connectivity index (χ2n) is 5.00. The molecule has 2 aromatic rings. The lowest BCUT2D eigenvalue weighted by atomic mass is 9.89. The molecule has 21 heavy (non-hydrogen) atoms. The first-order valence-corrected chi connectivity index (χ1v) is 6.77. The molecule has 0 radical (unpaired) electrons. The highest BCUT2D eigenvalue weighted by Crippen LogP contribution is 2.24. The number of Topliss-reactive ketones (excluding diaryl/α,β-unsaturated/α-hetero) is 1. The normalized spacial score (nSPS) is 17.1. The number of phenolic OH excluding ortho intramolecular Hbond substituents is 1. The summed E-state index contributed by atoms with van der Waals surface area (Å²) in [6.45, 7) is 0. The first-order valence-electron chi connectivity index (χ1n) is 6.77. The highest BCUT2D eigenvalue weighted by molar-refractivity contribution is 6.03. The molecule has 0 heterocycles. The minimum Gasteiger partial charge on any atom is -0.508 e. The van der Waals surface area contributed by atoms with Crippen molar-refractivity contribution in [2.24, 2.45) is 0 Å². The van der Waals surface area contributed by atoms with Gasteiger partial charge in [-0.3, -0.25) is 4.79 Å². The smallest absolute Gasteiger partial charge is 0.338 e. The molecule has 0 saturated carbocycles. The summed E-state index contributed by atoms with van der Waals surface area (Å²) in [4.78, 5) is 24.3. The fraction of sp³-hybridized carbons (Fsp3) is 0.176. The number of aromatic hydroxyl groups is 1. The number of rotatable bonds is 2. The molecule has 0 fully saturated rings. The molecule has 1 aliphatic carbocycles. The fourth-order valence-electron chi connectivity index (χ4n) is 2.48. The van der Waals surface area contributed by atoms with Gasteiger partial charge in [0.25, 0.3) is 0 Å². The van der Waals surface area contributed by atoms with Gasteiger partial charge in [-0.05, 0) is 42.7 Å². The Hall–Kier alpha value is -2.62. The first-order chi connectivity index (χ1) is 10.1. The largest absolute Gasteiger partial charge is 0.508 e. The van der Waals surface area contributed by atoms with E-state index in [0.717, 1.165) is 12.0 Å². The third-order valence-electron chi connectivity index (χ3n) is 3.60. The zero-order valence-electron chi connectivity index (χ0n) is 11.3. The van der Waals surface area contributed by atoms with Crippen molar-refractivity contribution in [1.29, 1.82) is 0 Å². The van der Waals surface area contributed by atoms with Crippen molar-refractivity contribution in [1.82, 2.24) is 0 Å². The molecular formula is C17H14O4. The summed E-state index contributed by atoms with van der Waals surface area (Å²) in [5.41, 5.74) is 1.95. The number of ether oxygens (including phenoxy) is 1. The van der Waals surface area contributed by atoms with E-state index in [-0.39, 0.29) is 11.5 Å². The lowest BCUT2D eigenvalue weighted by Gasteiger charge is -2.23. The van der Waals surface area contributed by atoms with Crippen molar-refractivity contribution in [2.45, 2.75) is 18.9 Å². The zero-order chi connectivity index (χ0) is 14.8. The van der Waals surface area contributed by atoms with Gasteiger partial charge in [-0.2, -0.15) is 0 Å². The second kappa shape index (κ2) is 5.40. The number of phenols is 1. The molecule has 1 atom stereocenters. The Labute approximate surface area is 122 Å². The van der Waals surface area contributed by atoms with Gasteiger partial charge in [0.1, 0.15) is 5.75 Å². The summed E-state index contributed by atoms with van der Waals surface area (Å²) in [6, 6.07) is 13.2. The van der Waals surface area contributed by atoms with Crippen LogP contribution in [0.2, 0.25) is 0 Å². The fourth-order valence-corrected chi connectivity index (χ4v) is 2.48. The Morgan fingerprint density at radius 1 is 1.10 bits per heavy atom. The predicted octanol–water partition coefficient (Wildman–Crippen LogP) is 2.75. The SMILES string of the molecule is O=C(O[C@@H]1CCc2ccccc2C1=O)c1ccc(O)cc1. The summed E-state index contributed by atoms with van der Waals surface area (Å²) in [5.74, 6) is -0.620. The van der Waals surface area contributed by atoms with Gasteiger partial charge in [0.2, 0.25) is 5.78 Å². The van der Waals surface area contributed by atoms with Crippen LogP contribution in [-0.2, 0) is 11.2 Å². The van der Waals surface area contributed by atoms with E-state index in [1.165, 1.54) is 24.3 Å².